The molecule has 0 aliphatic carbocycles. The van der Waals surface area contributed by atoms with E-state index < -0.39 is 11.8 Å². The van der Waals surface area contributed by atoms with Crippen molar-refractivity contribution in [1.82, 2.24) is 0 Å². The van der Waals surface area contributed by atoms with E-state index in [1.54, 1.807) is 0 Å². The van der Waals surface area contributed by atoms with Gasteiger partial charge in [-0.2, -0.15) is 0 Å². The molecule has 5 heteroatoms. The molecule has 1 aromatic heterocycles. The largest absolute Gasteiger partial charge is 0.445 e. The van der Waals surface area contributed by atoms with E-state index in [4.69, 9.17) is 15.9 Å². The lowest BCUT2D eigenvalue weighted by molar-refractivity contribution is 0.0950. The molecule has 82 valence electrons. The van der Waals surface area contributed by atoms with E-state index >= 15 is 0 Å². The number of carbonyl (C=O) groups excluding carboxylic acids is 2. The van der Waals surface area contributed by atoms with Gasteiger partial charge in [-0.15, -0.1) is 0 Å². The number of nitrogens with two attached hydrogens (primary N) is 2. The van der Waals surface area contributed by atoms with E-state index in [0.717, 1.165) is 12.8 Å². The molecule has 4 N–H and O–H groups in total. The Balaban J connectivity index is 3.00. The van der Waals surface area contributed by atoms with Crippen LogP contribution in [0.4, 0.5) is 0 Å². The molecule has 0 unspecified atom stereocenters. The first-order chi connectivity index (χ1) is 7.06. The fraction of sp³-hybridized carbons (Fsp3) is 0.400. The lowest BCUT2D eigenvalue weighted by Gasteiger charge is -1.96. The van der Waals surface area contributed by atoms with Gasteiger partial charge >= 0.3 is 0 Å². The predicted molar refractivity (Wildman–Crippen MR) is 54.4 cm³/mol. The number of rotatable bonds is 5. The molecule has 0 fully saturated rings. The van der Waals surface area contributed by atoms with E-state index in [1.165, 1.54) is 6.07 Å². The van der Waals surface area contributed by atoms with Gasteiger partial charge in [0.2, 0.25) is 0 Å². The fourth-order valence-corrected chi connectivity index (χ4v) is 1.31. The number of furan rings is 1. The summed E-state index contributed by atoms with van der Waals surface area (Å²) >= 11 is 0. The van der Waals surface area contributed by atoms with E-state index in [2.05, 4.69) is 0 Å². The lowest BCUT2D eigenvalue weighted by atomic mass is 10.1. The zero-order valence-electron chi connectivity index (χ0n) is 8.58. The third kappa shape index (κ3) is 2.59. The molecule has 15 heavy (non-hydrogen) atoms. The molecule has 0 radical (unpaired) electrons. The molecular formula is C10H14N2O3. The quantitative estimate of drug-likeness (QED) is 0.752. The maximum Gasteiger partial charge on any atom is 0.284 e. The number of carbonyl (C=O) groups is 2. The molecule has 1 rings (SSSR count). The summed E-state index contributed by atoms with van der Waals surface area (Å²) < 4.78 is 4.99. The second kappa shape index (κ2) is 4.63. The third-order valence-corrected chi connectivity index (χ3v) is 2.08. The van der Waals surface area contributed by atoms with Gasteiger partial charge in [0.15, 0.2) is 11.5 Å². The second-order valence-corrected chi connectivity index (χ2v) is 3.30. The van der Waals surface area contributed by atoms with E-state index in [-0.39, 0.29) is 11.5 Å². The van der Waals surface area contributed by atoms with Gasteiger partial charge in [0.05, 0.1) is 0 Å². The average molecular weight is 210 g/mol. The van der Waals surface area contributed by atoms with Gasteiger partial charge in [-0.05, 0) is 18.9 Å². The zero-order chi connectivity index (χ0) is 11.4. The first kappa shape index (κ1) is 11.3. The van der Waals surface area contributed by atoms with Crippen molar-refractivity contribution in [3.05, 3.63) is 23.2 Å². The highest BCUT2D eigenvalue weighted by molar-refractivity contribution is 5.95. The van der Waals surface area contributed by atoms with Crippen LogP contribution in [-0.4, -0.2) is 11.8 Å². The average Bonchev–Trinajstić information content (AvgIpc) is 2.58. The number of unbranched alkanes of at least 4 members (excludes halogenated alkanes) is 1. The van der Waals surface area contributed by atoms with Crippen LogP contribution < -0.4 is 11.5 Å². The van der Waals surface area contributed by atoms with Crippen molar-refractivity contribution in [1.29, 1.82) is 0 Å². The van der Waals surface area contributed by atoms with Crippen LogP contribution in [0.5, 0.6) is 0 Å². The first-order valence-electron chi connectivity index (χ1n) is 4.78. The SMILES string of the molecule is CCCCc1cc(C(N)=O)oc1C(N)=O. The van der Waals surface area contributed by atoms with Gasteiger partial charge < -0.3 is 15.9 Å². The molecule has 0 saturated carbocycles. The monoisotopic (exact) mass is 210 g/mol. The van der Waals surface area contributed by atoms with Gasteiger partial charge in [0.1, 0.15) is 0 Å². The molecule has 1 aromatic rings. The van der Waals surface area contributed by atoms with Crippen molar-refractivity contribution in [2.75, 3.05) is 0 Å². The molecule has 0 aromatic carbocycles. The van der Waals surface area contributed by atoms with Gasteiger partial charge in [-0.25, -0.2) is 0 Å². The van der Waals surface area contributed by atoms with Crippen molar-refractivity contribution in [3.8, 4) is 0 Å². The molecule has 0 saturated heterocycles. The topological polar surface area (TPSA) is 99.3 Å². The van der Waals surface area contributed by atoms with Crippen LogP contribution in [0, 0.1) is 0 Å². The minimum Gasteiger partial charge on any atom is -0.445 e. The normalized spacial score (nSPS) is 10.2. The Labute approximate surface area is 87.4 Å². The van der Waals surface area contributed by atoms with Crippen LogP contribution >= 0.6 is 0 Å². The minimum absolute atomic E-state index is 0.0186. The van der Waals surface area contributed by atoms with Gasteiger partial charge in [-0.3, -0.25) is 9.59 Å². The van der Waals surface area contributed by atoms with Crippen LogP contribution in [0.15, 0.2) is 10.5 Å². The van der Waals surface area contributed by atoms with Crippen molar-refractivity contribution in [2.45, 2.75) is 26.2 Å². The summed E-state index contributed by atoms with van der Waals surface area (Å²) in [6.45, 7) is 2.03. The molecule has 1 heterocycles. The number of hydrogen-bond donors (Lipinski definition) is 2. The van der Waals surface area contributed by atoms with Crippen molar-refractivity contribution in [2.24, 2.45) is 11.5 Å². The standard InChI is InChI=1S/C10H14N2O3/c1-2-3-4-6-5-7(9(11)13)15-8(6)10(12)14/h5H,2-4H2,1H3,(H2,11,13)(H2,12,14). The Kier molecular flexibility index (Phi) is 3.49. The van der Waals surface area contributed by atoms with Gasteiger partial charge in [0, 0.05) is 5.56 Å². The molecule has 0 bridgehead atoms. The van der Waals surface area contributed by atoms with Crippen molar-refractivity contribution < 1.29 is 14.0 Å². The summed E-state index contributed by atoms with van der Waals surface area (Å²) in [5.74, 6) is -1.35. The molecule has 0 spiro atoms. The van der Waals surface area contributed by atoms with Crippen LogP contribution in [0.1, 0.15) is 46.4 Å². The van der Waals surface area contributed by atoms with E-state index in [9.17, 15) is 9.59 Å². The van der Waals surface area contributed by atoms with Crippen LogP contribution in [0.25, 0.3) is 0 Å². The summed E-state index contributed by atoms with van der Waals surface area (Å²) in [4.78, 5) is 21.8. The van der Waals surface area contributed by atoms with Crippen LogP contribution in [-0.2, 0) is 6.42 Å². The van der Waals surface area contributed by atoms with Crippen LogP contribution in [0.2, 0.25) is 0 Å². The molecule has 5 nitrogen and oxygen atoms in total. The Morgan fingerprint density at radius 3 is 2.47 bits per heavy atom. The zero-order valence-corrected chi connectivity index (χ0v) is 8.58. The molecular weight excluding hydrogens is 196 g/mol. The molecule has 2 amide bonds. The summed E-state index contributed by atoms with van der Waals surface area (Å²) in [6, 6.07) is 1.48. The van der Waals surface area contributed by atoms with Crippen LogP contribution in [0.3, 0.4) is 0 Å². The highest BCUT2D eigenvalue weighted by Crippen LogP contribution is 2.17. The Morgan fingerprint density at radius 2 is 2.00 bits per heavy atom. The lowest BCUT2D eigenvalue weighted by Crippen LogP contribution is -2.12. The summed E-state index contributed by atoms with van der Waals surface area (Å²) in [7, 11) is 0. The molecule has 0 aliphatic heterocycles. The predicted octanol–water partition coefficient (Wildman–Crippen LogP) is 0.820. The van der Waals surface area contributed by atoms with Crippen molar-refractivity contribution >= 4 is 11.8 Å². The summed E-state index contributed by atoms with van der Waals surface area (Å²) in [6.07, 6.45) is 2.54. The Morgan fingerprint density at radius 1 is 1.33 bits per heavy atom. The van der Waals surface area contributed by atoms with Gasteiger partial charge in [0.25, 0.3) is 11.8 Å². The van der Waals surface area contributed by atoms with E-state index in [1.807, 2.05) is 6.92 Å². The number of aryl methyl sites for hydroxylation is 1. The van der Waals surface area contributed by atoms with E-state index in [0.29, 0.717) is 12.0 Å². The fourth-order valence-electron chi connectivity index (χ4n) is 1.31. The number of primary amides is 2. The highest BCUT2D eigenvalue weighted by Gasteiger charge is 2.17. The maximum absolute atomic E-state index is 11.0. The highest BCUT2D eigenvalue weighted by atomic mass is 16.4. The summed E-state index contributed by atoms with van der Waals surface area (Å²) in [5.41, 5.74) is 10.8. The summed E-state index contributed by atoms with van der Waals surface area (Å²) in [5, 5.41) is 0. The number of hydrogen-bond acceptors (Lipinski definition) is 3. The van der Waals surface area contributed by atoms with Crippen molar-refractivity contribution in [3.63, 3.8) is 0 Å². The maximum atomic E-state index is 11.0. The number of amides is 2. The third-order valence-electron chi connectivity index (χ3n) is 2.08. The smallest absolute Gasteiger partial charge is 0.284 e. The Hall–Kier alpha value is -1.78. The molecule has 0 atom stereocenters. The second-order valence-electron chi connectivity index (χ2n) is 3.30. The Bertz CT molecular complexity index is 382. The molecule has 0 aliphatic rings. The minimum atomic E-state index is -0.694. The first-order valence-corrected chi connectivity index (χ1v) is 4.78. The van der Waals surface area contributed by atoms with Gasteiger partial charge in [-0.1, -0.05) is 13.3 Å².